The summed E-state index contributed by atoms with van der Waals surface area (Å²) in [4.78, 5) is 12.4. The third kappa shape index (κ3) is 4.60. The van der Waals surface area contributed by atoms with Crippen LogP contribution in [0, 0.1) is 16.7 Å². The van der Waals surface area contributed by atoms with Crippen molar-refractivity contribution in [1.29, 1.82) is 0 Å². The minimum Gasteiger partial charge on any atom is -0.364 e. The number of carbonyl (C=O) groups excluding carboxylic acids is 1. The first-order chi connectivity index (χ1) is 8.23. The Balaban J connectivity index is 5.00. The molecular formula is C15H31NO2. The van der Waals surface area contributed by atoms with Gasteiger partial charge in [0.25, 0.3) is 0 Å². The van der Waals surface area contributed by atoms with Crippen LogP contribution < -0.4 is 5.32 Å². The van der Waals surface area contributed by atoms with E-state index in [-0.39, 0.29) is 23.5 Å². The zero-order valence-corrected chi connectivity index (χ0v) is 13.2. The largest absolute Gasteiger partial charge is 0.364 e. The van der Waals surface area contributed by atoms with E-state index < -0.39 is 0 Å². The van der Waals surface area contributed by atoms with Crippen LogP contribution in [0.1, 0.15) is 60.8 Å². The predicted octanol–water partition coefficient (Wildman–Crippen LogP) is 3.59. The topological polar surface area (TPSA) is 38.3 Å². The lowest BCUT2D eigenvalue weighted by Gasteiger charge is -2.40. The third-order valence-corrected chi connectivity index (χ3v) is 4.40. The fraction of sp³-hybridized carbons (Fsp3) is 0.933. The molecule has 18 heavy (non-hydrogen) atoms. The molecule has 3 nitrogen and oxygen atoms in total. The van der Waals surface area contributed by atoms with Crippen molar-refractivity contribution in [3.05, 3.63) is 0 Å². The van der Waals surface area contributed by atoms with Crippen molar-refractivity contribution in [2.24, 2.45) is 16.7 Å². The maximum absolute atomic E-state index is 12.4. The van der Waals surface area contributed by atoms with Gasteiger partial charge in [-0.15, -0.1) is 0 Å². The van der Waals surface area contributed by atoms with Gasteiger partial charge in [-0.25, -0.2) is 0 Å². The van der Waals surface area contributed by atoms with Gasteiger partial charge in [0.15, 0.2) is 0 Å². The smallest absolute Gasteiger partial charge is 0.227 e. The summed E-state index contributed by atoms with van der Waals surface area (Å²) in [7, 11) is 1.59. The van der Waals surface area contributed by atoms with Gasteiger partial charge in [0.05, 0.1) is 0 Å². The minimum atomic E-state index is -0.327. The van der Waals surface area contributed by atoms with Crippen LogP contribution in [0.4, 0.5) is 0 Å². The van der Waals surface area contributed by atoms with Gasteiger partial charge >= 0.3 is 0 Å². The van der Waals surface area contributed by atoms with E-state index in [1.807, 2.05) is 0 Å². The first-order valence-electron chi connectivity index (χ1n) is 7.00. The molecule has 0 aromatic rings. The second-order valence-corrected chi connectivity index (χ2v) is 6.36. The number of hydrogen-bond acceptors (Lipinski definition) is 2. The van der Waals surface area contributed by atoms with Crippen LogP contribution in [0.2, 0.25) is 0 Å². The van der Waals surface area contributed by atoms with Gasteiger partial charge in [-0.3, -0.25) is 4.79 Å². The molecule has 0 radical (unpaired) electrons. The molecule has 0 spiro atoms. The van der Waals surface area contributed by atoms with E-state index in [0.29, 0.717) is 5.92 Å². The molecular weight excluding hydrogens is 226 g/mol. The molecule has 0 bridgehead atoms. The Morgan fingerprint density at radius 2 is 1.83 bits per heavy atom. The van der Waals surface area contributed by atoms with Crippen molar-refractivity contribution in [2.75, 3.05) is 13.8 Å². The fourth-order valence-corrected chi connectivity index (χ4v) is 2.39. The summed E-state index contributed by atoms with van der Waals surface area (Å²) in [5, 5.41) is 2.87. The van der Waals surface area contributed by atoms with Gasteiger partial charge in [-0.2, -0.15) is 0 Å². The molecule has 2 atom stereocenters. The van der Waals surface area contributed by atoms with Crippen LogP contribution in [0.25, 0.3) is 0 Å². The van der Waals surface area contributed by atoms with Crippen molar-refractivity contribution in [1.82, 2.24) is 5.32 Å². The maximum atomic E-state index is 12.4. The highest BCUT2D eigenvalue weighted by molar-refractivity contribution is 5.82. The molecule has 0 saturated carbocycles. The first kappa shape index (κ1) is 17.4. The lowest BCUT2D eigenvalue weighted by molar-refractivity contribution is -0.137. The van der Waals surface area contributed by atoms with Crippen LogP contribution in [-0.2, 0) is 9.53 Å². The van der Waals surface area contributed by atoms with Crippen molar-refractivity contribution < 1.29 is 9.53 Å². The number of ether oxygens (including phenoxy) is 1. The number of amides is 1. The molecule has 0 saturated heterocycles. The molecule has 1 N–H and O–H groups in total. The average molecular weight is 257 g/mol. The van der Waals surface area contributed by atoms with E-state index in [4.69, 9.17) is 4.74 Å². The molecule has 0 heterocycles. The Morgan fingerprint density at radius 3 is 2.22 bits per heavy atom. The normalized spacial score (nSPS) is 17.1. The Hall–Kier alpha value is -0.570. The molecule has 3 heteroatoms. The Bertz CT molecular complexity index is 263. The van der Waals surface area contributed by atoms with Gasteiger partial charge in [0.2, 0.25) is 5.91 Å². The molecule has 1 amide bonds. The number of carbonyl (C=O) groups is 1. The summed E-state index contributed by atoms with van der Waals surface area (Å²) >= 11 is 0. The van der Waals surface area contributed by atoms with Gasteiger partial charge < -0.3 is 10.1 Å². The molecule has 0 fully saturated rings. The van der Waals surface area contributed by atoms with E-state index >= 15 is 0 Å². The SMILES string of the molecule is CCC(C)C(C)(CC(C)(C)CC)C(=O)NCOC. The zero-order valence-electron chi connectivity index (χ0n) is 13.2. The van der Waals surface area contributed by atoms with E-state index in [1.165, 1.54) is 0 Å². The van der Waals surface area contributed by atoms with Gasteiger partial charge in [-0.1, -0.05) is 54.4 Å². The van der Waals surface area contributed by atoms with Crippen molar-refractivity contribution in [2.45, 2.75) is 60.8 Å². The van der Waals surface area contributed by atoms with Gasteiger partial charge in [0.1, 0.15) is 6.73 Å². The Kier molecular flexibility index (Phi) is 6.90. The Labute approximate surface area is 113 Å². The second kappa shape index (κ2) is 7.13. The molecule has 108 valence electrons. The van der Waals surface area contributed by atoms with Gasteiger partial charge in [-0.05, 0) is 17.8 Å². The maximum Gasteiger partial charge on any atom is 0.227 e. The summed E-state index contributed by atoms with van der Waals surface area (Å²) < 4.78 is 4.95. The minimum absolute atomic E-state index is 0.111. The highest BCUT2D eigenvalue weighted by atomic mass is 16.5. The van der Waals surface area contributed by atoms with Crippen LogP contribution in [0.5, 0.6) is 0 Å². The van der Waals surface area contributed by atoms with E-state index in [9.17, 15) is 4.79 Å². The first-order valence-corrected chi connectivity index (χ1v) is 7.00. The zero-order chi connectivity index (χ0) is 14.4. The van der Waals surface area contributed by atoms with Crippen molar-refractivity contribution >= 4 is 5.91 Å². The Morgan fingerprint density at radius 1 is 1.28 bits per heavy atom. The number of nitrogens with one attached hydrogen (secondary N) is 1. The molecule has 0 rings (SSSR count). The van der Waals surface area contributed by atoms with Crippen LogP contribution in [-0.4, -0.2) is 19.7 Å². The summed E-state index contributed by atoms with van der Waals surface area (Å²) in [5.41, 5.74) is -0.143. The molecule has 0 aliphatic carbocycles. The van der Waals surface area contributed by atoms with Crippen LogP contribution in [0.15, 0.2) is 0 Å². The second-order valence-electron chi connectivity index (χ2n) is 6.36. The highest BCUT2D eigenvalue weighted by Crippen LogP contribution is 2.42. The molecule has 0 aliphatic rings. The number of methoxy groups -OCH3 is 1. The molecule has 2 unspecified atom stereocenters. The molecule has 0 aromatic heterocycles. The summed E-state index contributed by atoms with van der Waals surface area (Å²) in [5.74, 6) is 0.473. The lowest BCUT2D eigenvalue weighted by Crippen LogP contribution is -2.46. The van der Waals surface area contributed by atoms with E-state index in [0.717, 1.165) is 19.3 Å². The lowest BCUT2D eigenvalue weighted by atomic mass is 9.65. The quantitative estimate of drug-likeness (QED) is 0.675. The summed E-state index contributed by atoms with van der Waals surface area (Å²) in [6.45, 7) is 13.3. The van der Waals surface area contributed by atoms with E-state index in [2.05, 4.69) is 46.9 Å². The number of hydrogen-bond donors (Lipinski definition) is 1. The summed E-state index contributed by atoms with van der Waals surface area (Å²) in [6.07, 6.45) is 2.99. The van der Waals surface area contributed by atoms with Crippen molar-refractivity contribution in [3.8, 4) is 0 Å². The van der Waals surface area contributed by atoms with Crippen molar-refractivity contribution in [3.63, 3.8) is 0 Å². The monoisotopic (exact) mass is 257 g/mol. The molecule has 0 aliphatic heterocycles. The predicted molar refractivity (Wildman–Crippen MR) is 76.3 cm³/mol. The third-order valence-electron chi connectivity index (χ3n) is 4.40. The number of rotatable bonds is 8. The fourth-order valence-electron chi connectivity index (χ4n) is 2.39. The standard InChI is InChI=1S/C15H31NO2/c1-8-12(3)15(6,10-14(4,5)9-2)13(17)16-11-18-7/h12H,8-11H2,1-7H3,(H,16,17). The summed E-state index contributed by atoms with van der Waals surface area (Å²) in [6, 6.07) is 0. The highest BCUT2D eigenvalue weighted by Gasteiger charge is 2.41. The average Bonchev–Trinajstić information content (AvgIpc) is 2.33. The van der Waals surface area contributed by atoms with Crippen LogP contribution >= 0.6 is 0 Å². The van der Waals surface area contributed by atoms with E-state index in [1.54, 1.807) is 7.11 Å². The van der Waals surface area contributed by atoms with Gasteiger partial charge in [0, 0.05) is 12.5 Å². The molecule has 0 aromatic carbocycles. The van der Waals surface area contributed by atoms with Crippen LogP contribution in [0.3, 0.4) is 0 Å².